The summed E-state index contributed by atoms with van der Waals surface area (Å²) in [4.78, 5) is 11.8. The molecular weight excluding hydrogens is 212 g/mol. The van der Waals surface area contributed by atoms with E-state index in [-0.39, 0.29) is 5.91 Å². The van der Waals surface area contributed by atoms with Crippen LogP contribution in [0.15, 0.2) is 30.3 Å². The van der Waals surface area contributed by atoms with Gasteiger partial charge >= 0.3 is 0 Å². The van der Waals surface area contributed by atoms with E-state index >= 15 is 0 Å². The average Bonchev–Trinajstić information content (AvgIpc) is 2.32. The Morgan fingerprint density at radius 1 is 1.35 bits per heavy atom. The summed E-state index contributed by atoms with van der Waals surface area (Å²) < 4.78 is 0. The molecule has 1 fully saturated rings. The van der Waals surface area contributed by atoms with E-state index in [0.29, 0.717) is 0 Å². The lowest BCUT2D eigenvalue weighted by Crippen LogP contribution is -2.35. The summed E-state index contributed by atoms with van der Waals surface area (Å²) in [5.74, 6) is 0.749. The normalized spacial score (nSPS) is 17.2. The first kappa shape index (κ1) is 12.1. The van der Waals surface area contributed by atoms with Gasteiger partial charge in [0.2, 0.25) is 5.91 Å². The van der Waals surface area contributed by atoms with Crippen LogP contribution in [-0.2, 0) is 4.79 Å². The molecule has 3 heteroatoms. The highest BCUT2D eigenvalue weighted by Gasteiger charge is 2.18. The number of amides is 1. The van der Waals surface area contributed by atoms with Gasteiger partial charge in [-0.25, -0.2) is 0 Å². The third kappa shape index (κ3) is 3.30. The number of nitrogens with two attached hydrogens (primary N) is 1. The first-order chi connectivity index (χ1) is 8.27. The Hall–Kier alpha value is -1.35. The van der Waals surface area contributed by atoms with Crippen molar-refractivity contribution in [3.05, 3.63) is 35.9 Å². The molecule has 0 saturated heterocycles. The largest absolute Gasteiger partial charge is 0.354 e. The summed E-state index contributed by atoms with van der Waals surface area (Å²) in [6.45, 7) is 0.754. The second-order valence-electron chi connectivity index (χ2n) is 4.76. The van der Waals surface area contributed by atoms with E-state index in [9.17, 15) is 4.79 Å². The van der Waals surface area contributed by atoms with Gasteiger partial charge in [-0.15, -0.1) is 0 Å². The van der Waals surface area contributed by atoms with E-state index in [2.05, 4.69) is 5.32 Å². The van der Waals surface area contributed by atoms with E-state index in [4.69, 9.17) is 5.73 Å². The minimum Gasteiger partial charge on any atom is -0.354 e. The van der Waals surface area contributed by atoms with Gasteiger partial charge in [0.1, 0.15) is 6.04 Å². The van der Waals surface area contributed by atoms with Crippen molar-refractivity contribution in [2.75, 3.05) is 6.54 Å². The van der Waals surface area contributed by atoms with Gasteiger partial charge in [-0.2, -0.15) is 0 Å². The number of carbonyl (C=O) groups excluding carboxylic acids is 1. The van der Waals surface area contributed by atoms with Crippen LogP contribution >= 0.6 is 0 Å². The molecule has 1 saturated carbocycles. The lowest BCUT2D eigenvalue weighted by molar-refractivity contribution is -0.122. The molecule has 1 aromatic rings. The quantitative estimate of drug-likeness (QED) is 0.815. The maximum absolute atomic E-state index is 11.8. The van der Waals surface area contributed by atoms with Crippen LogP contribution in [-0.4, -0.2) is 12.5 Å². The summed E-state index contributed by atoms with van der Waals surface area (Å²) in [5, 5.41) is 2.92. The van der Waals surface area contributed by atoms with Crippen LogP contribution in [0.4, 0.5) is 0 Å². The van der Waals surface area contributed by atoms with E-state index in [1.807, 2.05) is 30.3 Å². The smallest absolute Gasteiger partial charge is 0.241 e. The predicted octanol–water partition coefficient (Wildman–Crippen LogP) is 1.99. The molecule has 0 aliphatic heterocycles. The summed E-state index contributed by atoms with van der Waals surface area (Å²) in [6, 6.07) is 8.95. The van der Waals surface area contributed by atoms with Crippen molar-refractivity contribution in [3.63, 3.8) is 0 Å². The molecule has 0 bridgehead atoms. The molecule has 0 spiro atoms. The van der Waals surface area contributed by atoms with Crippen molar-refractivity contribution < 1.29 is 4.79 Å². The molecule has 0 radical (unpaired) electrons. The zero-order valence-corrected chi connectivity index (χ0v) is 10.1. The van der Waals surface area contributed by atoms with Crippen molar-refractivity contribution in [1.29, 1.82) is 0 Å². The van der Waals surface area contributed by atoms with Crippen LogP contribution < -0.4 is 11.1 Å². The second kappa shape index (κ2) is 5.82. The van der Waals surface area contributed by atoms with Crippen LogP contribution in [0.3, 0.4) is 0 Å². The van der Waals surface area contributed by atoms with Gasteiger partial charge in [0.25, 0.3) is 0 Å². The van der Waals surface area contributed by atoms with E-state index in [1.54, 1.807) is 0 Å². The number of hydrogen-bond donors (Lipinski definition) is 2. The Kier molecular flexibility index (Phi) is 4.15. The summed E-state index contributed by atoms with van der Waals surface area (Å²) >= 11 is 0. The molecule has 0 heterocycles. The van der Waals surface area contributed by atoms with Gasteiger partial charge in [0, 0.05) is 6.54 Å². The van der Waals surface area contributed by atoms with E-state index in [1.165, 1.54) is 19.3 Å². The van der Waals surface area contributed by atoms with Crippen molar-refractivity contribution in [2.45, 2.75) is 31.7 Å². The molecule has 3 N–H and O–H groups in total. The van der Waals surface area contributed by atoms with Gasteiger partial charge in [-0.05, 0) is 17.9 Å². The maximum Gasteiger partial charge on any atom is 0.241 e. The number of rotatable bonds is 5. The molecule has 1 aromatic carbocycles. The van der Waals surface area contributed by atoms with Gasteiger partial charge in [0.05, 0.1) is 0 Å². The van der Waals surface area contributed by atoms with Crippen molar-refractivity contribution in [1.82, 2.24) is 5.32 Å². The van der Waals surface area contributed by atoms with Gasteiger partial charge in [0.15, 0.2) is 0 Å². The first-order valence-electron chi connectivity index (χ1n) is 6.35. The van der Waals surface area contributed by atoms with Crippen LogP contribution in [0.1, 0.15) is 37.3 Å². The first-order valence-corrected chi connectivity index (χ1v) is 6.35. The topological polar surface area (TPSA) is 55.1 Å². The Morgan fingerprint density at radius 2 is 2.06 bits per heavy atom. The molecule has 1 unspecified atom stereocenters. The number of benzene rings is 1. The molecular formula is C14H20N2O. The fraction of sp³-hybridized carbons (Fsp3) is 0.500. The zero-order valence-electron chi connectivity index (χ0n) is 10.1. The molecule has 2 rings (SSSR count). The monoisotopic (exact) mass is 232 g/mol. The van der Waals surface area contributed by atoms with Gasteiger partial charge in [-0.1, -0.05) is 49.6 Å². The lowest BCUT2D eigenvalue weighted by atomic mass is 9.83. The van der Waals surface area contributed by atoms with Gasteiger partial charge in [-0.3, -0.25) is 4.79 Å². The van der Waals surface area contributed by atoms with E-state index in [0.717, 1.165) is 24.4 Å². The van der Waals surface area contributed by atoms with Crippen molar-refractivity contribution in [2.24, 2.45) is 11.7 Å². The fourth-order valence-corrected chi connectivity index (χ4v) is 2.10. The minimum absolute atomic E-state index is 0.0736. The Labute approximate surface area is 102 Å². The average molecular weight is 232 g/mol. The Bertz CT molecular complexity index is 360. The van der Waals surface area contributed by atoms with Gasteiger partial charge < -0.3 is 11.1 Å². The standard InChI is InChI=1S/C14H20N2O/c15-13(12-7-2-1-3-8-12)14(17)16-10-9-11-5-4-6-11/h1-3,7-8,11,13H,4-6,9-10,15H2,(H,16,17). The molecule has 17 heavy (non-hydrogen) atoms. The van der Waals surface area contributed by atoms with Crippen molar-refractivity contribution in [3.8, 4) is 0 Å². The zero-order chi connectivity index (χ0) is 12.1. The highest BCUT2D eigenvalue weighted by atomic mass is 16.2. The molecule has 1 aliphatic carbocycles. The molecule has 92 valence electrons. The molecule has 1 amide bonds. The molecule has 1 atom stereocenters. The van der Waals surface area contributed by atoms with Crippen LogP contribution in [0, 0.1) is 5.92 Å². The predicted molar refractivity (Wildman–Crippen MR) is 68.3 cm³/mol. The number of hydrogen-bond acceptors (Lipinski definition) is 2. The summed E-state index contributed by atoms with van der Waals surface area (Å²) in [7, 11) is 0. The number of nitrogens with one attached hydrogen (secondary N) is 1. The molecule has 1 aliphatic rings. The van der Waals surface area contributed by atoms with Crippen LogP contribution in [0.25, 0.3) is 0 Å². The highest BCUT2D eigenvalue weighted by Crippen LogP contribution is 2.28. The molecule has 3 nitrogen and oxygen atoms in total. The Balaban J connectivity index is 1.75. The highest BCUT2D eigenvalue weighted by molar-refractivity contribution is 5.82. The molecule has 0 aromatic heterocycles. The van der Waals surface area contributed by atoms with Crippen LogP contribution in [0.2, 0.25) is 0 Å². The van der Waals surface area contributed by atoms with Crippen molar-refractivity contribution >= 4 is 5.91 Å². The van der Waals surface area contributed by atoms with Crippen LogP contribution in [0.5, 0.6) is 0 Å². The third-order valence-electron chi connectivity index (χ3n) is 3.52. The summed E-state index contributed by atoms with van der Waals surface area (Å²) in [5.41, 5.74) is 6.76. The Morgan fingerprint density at radius 3 is 2.65 bits per heavy atom. The van der Waals surface area contributed by atoms with E-state index < -0.39 is 6.04 Å². The number of carbonyl (C=O) groups is 1. The summed E-state index contributed by atoms with van der Waals surface area (Å²) in [6.07, 6.45) is 5.08. The second-order valence-corrected chi connectivity index (χ2v) is 4.76. The lowest BCUT2D eigenvalue weighted by Gasteiger charge is -2.25. The maximum atomic E-state index is 11.8. The third-order valence-corrected chi connectivity index (χ3v) is 3.52. The minimum atomic E-state index is -0.544. The SMILES string of the molecule is NC(C(=O)NCCC1CCC1)c1ccccc1. The fourth-order valence-electron chi connectivity index (χ4n) is 2.10.